The molecule has 3 atom stereocenters. The lowest BCUT2D eigenvalue weighted by atomic mass is 10.0. The molecule has 1 aliphatic carbocycles. The summed E-state index contributed by atoms with van der Waals surface area (Å²) < 4.78 is 56.5. The van der Waals surface area contributed by atoms with E-state index in [0.717, 1.165) is 23.0 Å². The molecule has 0 unspecified atom stereocenters. The smallest absolute Gasteiger partial charge is 0.384 e. The first-order valence-electron chi connectivity index (χ1n) is 12.1. The Kier molecular flexibility index (Phi) is 5.20. The number of aromatic nitrogens is 7. The Hall–Kier alpha value is -4.52. The molecule has 0 amide bonds. The highest BCUT2D eigenvalue weighted by Gasteiger charge is 2.54. The van der Waals surface area contributed by atoms with Crippen LogP contribution < -0.4 is 11.3 Å². The molecule has 9 nitrogen and oxygen atoms in total. The summed E-state index contributed by atoms with van der Waals surface area (Å²) in [7, 11) is 0. The number of benzene rings is 1. The number of nitrogens with two attached hydrogens (primary N) is 1. The maximum atomic E-state index is 14.4. The van der Waals surface area contributed by atoms with Crippen molar-refractivity contribution in [3.63, 3.8) is 0 Å². The average molecular weight is 569 g/mol. The molecule has 40 heavy (non-hydrogen) atoms. The van der Waals surface area contributed by atoms with Gasteiger partial charge in [0.1, 0.15) is 11.6 Å². The highest BCUT2D eigenvalue weighted by atomic mass is 35.5. The van der Waals surface area contributed by atoms with Crippen LogP contribution in [0.2, 0.25) is 5.02 Å². The Balaban J connectivity index is 1.29. The Morgan fingerprint density at radius 1 is 1.10 bits per heavy atom. The maximum absolute atomic E-state index is 14.4. The third-order valence-electron chi connectivity index (χ3n) is 7.34. The fraction of sp³-hybridized carbons (Fsp3) is 0.192. The van der Waals surface area contributed by atoms with Gasteiger partial charge in [-0.1, -0.05) is 16.8 Å². The second kappa shape index (κ2) is 8.49. The van der Waals surface area contributed by atoms with Crippen molar-refractivity contribution in [1.82, 2.24) is 34.5 Å². The summed E-state index contributed by atoms with van der Waals surface area (Å²) in [5, 5.41) is 7.22. The quantitative estimate of drug-likeness (QED) is 0.233. The van der Waals surface area contributed by atoms with E-state index in [1.807, 2.05) is 6.07 Å². The fourth-order valence-electron chi connectivity index (χ4n) is 5.48. The minimum Gasteiger partial charge on any atom is -0.384 e. The summed E-state index contributed by atoms with van der Waals surface area (Å²) in [6.45, 7) is 0. The van der Waals surface area contributed by atoms with Crippen molar-refractivity contribution in [2.45, 2.75) is 24.6 Å². The van der Waals surface area contributed by atoms with E-state index < -0.39 is 17.8 Å². The van der Waals surface area contributed by atoms with Crippen LogP contribution in [0.5, 0.6) is 0 Å². The lowest BCUT2D eigenvalue weighted by Gasteiger charge is -2.18. The molecule has 1 aliphatic heterocycles. The molecule has 0 bridgehead atoms. The largest absolute Gasteiger partial charge is 0.436 e. The number of aromatic amines is 1. The zero-order valence-electron chi connectivity index (χ0n) is 20.2. The van der Waals surface area contributed by atoms with Crippen LogP contribution in [-0.2, 0) is 6.18 Å². The Morgan fingerprint density at radius 2 is 1.93 bits per heavy atom. The molecule has 2 aliphatic rings. The van der Waals surface area contributed by atoms with Crippen molar-refractivity contribution in [3.8, 4) is 28.1 Å². The molecule has 5 heterocycles. The lowest BCUT2D eigenvalue weighted by Crippen LogP contribution is -2.26. The predicted octanol–water partition coefficient (Wildman–Crippen LogP) is 4.98. The van der Waals surface area contributed by atoms with Gasteiger partial charge in [-0.25, -0.2) is 14.6 Å². The van der Waals surface area contributed by atoms with Gasteiger partial charge in [-0.3, -0.25) is 4.79 Å². The van der Waals surface area contributed by atoms with Crippen molar-refractivity contribution in [3.05, 3.63) is 93.4 Å². The van der Waals surface area contributed by atoms with Crippen LogP contribution in [0.15, 0.2) is 59.7 Å². The van der Waals surface area contributed by atoms with E-state index in [1.165, 1.54) is 36.5 Å². The van der Waals surface area contributed by atoms with E-state index in [4.69, 9.17) is 17.3 Å². The summed E-state index contributed by atoms with van der Waals surface area (Å²) >= 11 is 6.24. The molecule has 4 aromatic heterocycles. The van der Waals surface area contributed by atoms with Crippen LogP contribution in [0.4, 0.5) is 23.4 Å². The molecule has 1 fully saturated rings. The summed E-state index contributed by atoms with van der Waals surface area (Å²) in [4.78, 5) is 24.8. The van der Waals surface area contributed by atoms with Gasteiger partial charge < -0.3 is 15.3 Å². The minimum absolute atomic E-state index is 0.0568. The number of rotatable bonds is 4. The summed E-state index contributed by atoms with van der Waals surface area (Å²) in [5.74, 6) is 0.0337. The number of anilines is 1. The Morgan fingerprint density at radius 3 is 2.67 bits per heavy atom. The van der Waals surface area contributed by atoms with Crippen molar-refractivity contribution in [2.24, 2.45) is 5.92 Å². The molecule has 1 aromatic carbocycles. The summed E-state index contributed by atoms with van der Waals surface area (Å²) in [6.07, 6.45) is -1.56. The number of hydrogen-bond donors (Lipinski definition) is 2. The van der Waals surface area contributed by atoms with Crippen LogP contribution in [0.3, 0.4) is 0 Å². The van der Waals surface area contributed by atoms with E-state index >= 15 is 0 Å². The highest BCUT2D eigenvalue weighted by molar-refractivity contribution is 6.31. The van der Waals surface area contributed by atoms with E-state index in [2.05, 4.69) is 25.3 Å². The average Bonchev–Trinajstić information content (AvgIpc) is 3.22. The van der Waals surface area contributed by atoms with Crippen molar-refractivity contribution < 1.29 is 17.6 Å². The molecule has 0 saturated heterocycles. The SMILES string of the molecule is Nc1ccc(-c2cnc([C@@H]3[C@H]4C[C@H]4c4cc(-c5cc(Cl)ccc5-n5cc(C(F)(F)F)nn5)cc(=O)n43)[nH]2)c(F)n1. The first kappa shape index (κ1) is 24.5. The van der Waals surface area contributed by atoms with Crippen molar-refractivity contribution in [2.75, 3.05) is 5.73 Å². The number of H-pyrrole nitrogens is 1. The normalized spacial score (nSPS) is 19.5. The van der Waals surface area contributed by atoms with Gasteiger partial charge in [0.25, 0.3) is 5.56 Å². The first-order valence-corrected chi connectivity index (χ1v) is 12.5. The van der Waals surface area contributed by atoms with Crippen LogP contribution in [0, 0.1) is 11.9 Å². The van der Waals surface area contributed by atoms with Crippen molar-refractivity contribution >= 4 is 17.4 Å². The monoisotopic (exact) mass is 568 g/mol. The molecule has 0 spiro atoms. The molecule has 1 saturated carbocycles. The number of nitrogen functional groups attached to an aromatic ring is 1. The number of fused-ring (bicyclic) bond motifs is 3. The number of pyridine rings is 2. The summed E-state index contributed by atoms with van der Waals surface area (Å²) in [6, 6.07) is 10.5. The number of halogens is 5. The molecular formula is C26H17ClF4N8O. The Labute approximate surface area is 227 Å². The summed E-state index contributed by atoms with van der Waals surface area (Å²) in [5.41, 5.74) is 6.68. The van der Waals surface area contributed by atoms with Gasteiger partial charge in [-0.2, -0.15) is 17.6 Å². The van der Waals surface area contributed by atoms with E-state index in [-0.39, 0.29) is 40.5 Å². The van der Waals surface area contributed by atoms with Gasteiger partial charge >= 0.3 is 6.18 Å². The Bertz CT molecular complexity index is 1880. The van der Waals surface area contributed by atoms with E-state index in [0.29, 0.717) is 27.7 Å². The highest BCUT2D eigenvalue weighted by Crippen LogP contribution is 2.60. The number of nitrogens with one attached hydrogen (secondary N) is 1. The third kappa shape index (κ3) is 3.87. The second-order valence-corrected chi connectivity index (χ2v) is 10.2. The second-order valence-electron chi connectivity index (χ2n) is 9.79. The van der Waals surface area contributed by atoms with Crippen LogP contribution in [0.25, 0.3) is 28.1 Å². The first-order chi connectivity index (χ1) is 19.1. The van der Waals surface area contributed by atoms with Gasteiger partial charge in [0, 0.05) is 28.3 Å². The predicted molar refractivity (Wildman–Crippen MR) is 136 cm³/mol. The van der Waals surface area contributed by atoms with Gasteiger partial charge in [0.05, 0.1) is 35.4 Å². The van der Waals surface area contributed by atoms with Gasteiger partial charge in [0.15, 0.2) is 5.69 Å². The molecular weight excluding hydrogens is 552 g/mol. The van der Waals surface area contributed by atoms with Crippen molar-refractivity contribution in [1.29, 1.82) is 0 Å². The van der Waals surface area contributed by atoms with Gasteiger partial charge in [0.2, 0.25) is 5.95 Å². The minimum atomic E-state index is -4.66. The zero-order valence-corrected chi connectivity index (χ0v) is 20.9. The fourth-order valence-corrected chi connectivity index (χ4v) is 5.66. The van der Waals surface area contributed by atoms with Gasteiger partial charge in [-0.05, 0) is 54.3 Å². The molecule has 7 rings (SSSR count). The number of nitrogens with zero attached hydrogens (tertiary/aromatic N) is 6. The topological polar surface area (TPSA) is 120 Å². The number of imidazole rings is 1. The third-order valence-corrected chi connectivity index (χ3v) is 7.57. The maximum Gasteiger partial charge on any atom is 0.436 e. The molecule has 5 aromatic rings. The standard InChI is InChI=1S/C26H17ClF4N8O/c27-12-1-3-18(38-10-20(36-37-38)26(29,30)31)14(7-12)11-5-19-15-8-16(15)23(39(19)22(40)6-11)25-33-9-17(34-25)13-2-4-21(32)35-24(13)28/h1-7,9-10,15-16,23H,8H2,(H2,32,35)(H,33,34)/t15-,16+,23+/m1/s1. The molecule has 0 radical (unpaired) electrons. The van der Waals surface area contributed by atoms with Crippen LogP contribution in [-0.4, -0.2) is 34.5 Å². The number of hydrogen-bond acceptors (Lipinski definition) is 6. The number of alkyl halides is 3. The van der Waals surface area contributed by atoms with E-state index in [9.17, 15) is 22.4 Å². The van der Waals surface area contributed by atoms with Crippen LogP contribution >= 0.6 is 11.6 Å². The van der Waals surface area contributed by atoms with E-state index in [1.54, 1.807) is 10.6 Å². The van der Waals surface area contributed by atoms with Gasteiger partial charge in [-0.15, -0.1) is 5.10 Å². The molecule has 3 N–H and O–H groups in total. The molecule has 14 heteroatoms. The zero-order chi connectivity index (χ0) is 27.9. The lowest BCUT2D eigenvalue weighted by molar-refractivity contribution is -0.141. The molecule has 202 valence electrons. The van der Waals surface area contributed by atoms with Crippen LogP contribution in [0.1, 0.15) is 35.6 Å².